The lowest BCUT2D eigenvalue weighted by molar-refractivity contribution is -0.140. The van der Waals surface area contributed by atoms with Crippen molar-refractivity contribution >= 4 is 5.97 Å². The fraction of sp³-hybridized carbons (Fsp3) is 0.500. The van der Waals surface area contributed by atoms with E-state index in [4.69, 9.17) is 23.4 Å². The van der Waals surface area contributed by atoms with Crippen LogP contribution >= 0.6 is 0 Å². The predicted molar refractivity (Wildman–Crippen MR) is 120 cm³/mol. The molecule has 1 saturated heterocycles. The van der Waals surface area contributed by atoms with E-state index in [0.717, 1.165) is 25.9 Å². The number of benzene rings is 1. The van der Waals surface area contributed by atoms with Gasteiger partial charge in [-0.15, -0.1) is 0 Å². The summed E-state index contributed by atoms with van der Waals surface area (Å²) in [7, 11) is 5.73. The van der Waals surface area contributed by atoms with Crippen molar-refractivity contribution in [3.05, 3.63) is 45.5 Å². The average Bonchev–Trinajstić information content (AvgIpc) is 2.84. The standard InChI is InChI=1S/C24H31NO8/c1-29-19-13-21(31-3)20(30-2)11-16(19)17(12-22(27)32-4)24-23(28)18(26)10-15(33-24)14-25-8-6-5-7-9-25/h10-11,13,17,28H,5-9,12,14H2,1-4H3. The Morgan fingerprint density at radius 2 is 1.64 bits per heavy atom. The Bertz CT molecular complexity index is 1030. The topological polar surface area (TPSA) is 108 Å². The monoisotopic (exact) mass is 461 g/mol. The molecule has 1 aromatic carbocycles. The highest BCUT2D eigenvalue weighted by molar-refractivity contribution is 5.72. The number of carbonyl (C=O) groups excluding carboxylic acids is 1. The second-order valence-electron chi connectivity index (χ2n) is 7.91. The molecular formula is C24H31NO8. The molecule has 0 radical (unpaired) electrons. The van der Waals surface area contributed by atoms with Crippen LogP contribution in [0.2, 0.25) is 0 Å². The number of ether oxygens (including phenoxy) is 4. The van der Waals surface area contributed by atoms with E-state index in [2.05, 4.69) is 4.90 Å². The van der Waals surface area contributed by atoms with E-state index in [1.165, 1.54) is 40.9 Å². The molecule has 0 saturated carbocycles. The molecule has 0 aliphatic carbocycles. The third-order valence-electron chi connectivity index (χ3n) is 5.85. The van der Waals surface area contributed by atoms with Gasteiger partial charge in [0.2, 0.25) is 11.2 Å². The Balaban J connectivity index is 2.13. The summed E-state index contributed by atoms with van der Waals surface area (Å²) in [6, 6.07) is 4.56. The Morgan fingerprint density at radius 3 is 2.24 bits per heavy atom. The van der Waals surface area contributed by atoms with Crippen molar-refractivity contribution in [3.63, 3.8) is 0 Å². The summed E-state index contributed by atoms with van der Waals surface area (Å²) in [6.45, 7) is 2.26. The summed E-state index contributed by atoms with van der Waals surface area (Å²) in [4.78, 5) is 27.2. The molecule has 9 nitrogen and oxygen atoms in total. The first kappa shape index (κ1) is 24.4. The molecule has 180 valence electrons. The summed E-state index contributed by atoms with van der Waals surface area (Å²) in [5, 5.41) is 10.7. The SMILES string of the molecule is COC(=O)CC(c1cc(OC)c(OC)cc1OC)c1oc(CN2CCCCC2)cc(=O)c1O. The molecule has 0 amide bonds. The second kappa shape index (κ2) is 11.1. The number of rotatable bonds is 9. The summed E-state index contributed by atoms with van der Waals surface area (Å²) < 4.78 is 27.2. The van der Waals surface area contributed by atoms with Gasteiger partial charge in [-0.25, -0.2) is 0 Å². The minimum atomic E-state index is -0.860. The van der Waals surface area contributed by atoms with Gasteiger partial charge in [-0.05, 0) is 32.0 Å². The lowest BCUT2D eigenvalue weighted by atomic mass is 9.91. The van der Waals surface area contributed by atoms with Crippen LogP contribution in [0.3, 0.4) is 0 Å². The van der Waals surface area contributed by atoms with E-state index in [1.54, 1.807) is 12.1 Å². The third kappa shape index (κ3) is 5.60. The molecule has 3 rings (SSSR count). The minimum absolute atomic E-state index is 0.0228. The number of likely N-dealkylation sites (tertiary alicyclic amines) is 1. The zero-order valence-electron chi connectivity index (χ0n) is 19.5. The van der Waals surface area contributed by atoms with Crippen molar-refractivity contribution < 1.29 is 33.3 Å². The molecule has 1 aliphatic rings. The highest BCUT2D eigenvalue weighted by Gasteiger charge is 2.30. The van der Waals surface area contributed by atoms with Crippen LogP contribution in [0.4, 0.5) is 0 Å². The van der Waals surface area contributed by atoms with Gasteiger partial charge in [0.15, 0.2) is 17.3 Å². The van der Waals surface area contributed by atoms with Crippen LogP contribution in [0, 0.1) is 0 Å². The lowest BCUT2D eigenvalue weighted by Crippen LogP contribution is -2.29. The Hall–Kier alpha value is -3.20. The molecule has 1 fully saturated rings. The van der Waals surface area contributed by atoms with Crippen LogP contribution in [-0.2, 0) is 16.1 Å². The predicted octanol–water partition coefficient (Wildman–Crippen LogP) is 3.05. The smallest absolute Gasteiger partial charge is 0.306 e. The summed E-state index contributed by atoms with van der Waals surface area (Å²) >= 11 is 0. The number of piperidine rings is 1. The van der Waals surface area contributed by atoms with Crippen LogP contribution in [0.15, 0.2) is 27.4 Å². The second-order valence-corrected chi connectivity index (χ2v) is 7.91. The van der Waals surface area contributed by atoms with Gasteiger partial charge in [0, 0.05) is 17.7 Å². The molecule has 9 heteroatoms. The summed E-state index contributed by atoms with van der Waals surface area (Å²) in [6.07, 6.45) is 3.17. The van der Waals surface area contributed by atoms with E-state index in [-0.39, 0.29) is 12.2 Å². The highest BCUT2D eigenvalue weighted by Crippen LogP contribution is 2.43. The third-order valence-corrected chi connectivity index (χ3v) is 5.85. The minimum Gasteiger partial charge on any atom is -0.502 e. The van der Waals surface area contributed by atoms with Crippen LogP contribution in [-0.4, -0.2) is 57.5 Å². The van der Waals surface area contributed by atoms with Gasteiger partial charge < -0.3 is 28.5 Å². The molecule has 1 aromatic heterocycles. The van der Waals surface area contributed by atoms with E-state index in [9.17, 15) is 14.7 Å². The van der Waals surface area contributed by atoms with Crippen molar-refractivity contribution in [3.8, 4) is 23.0 Å². The molecule has 0 spiro atoms. The van der Waals surface area contributed by atoms with Crippen molar-refractivity contribution in [2.75, 3.05) is 41.5 Å². The molecule has 2 heterocycles. The highest BCUT2D eigenvalue weighted by atomic mass is 16.5. The molecule has 1 aliphatic heterocycles. The first-order chi connectivity index (χ1) is 15.9. The number of hydrogen-bond donors (Lipinski definition) is 1. The fourth-order valence-electron chi connectivity index (χ4n) is 4.13. The number of carbonyl (C=O) groups is 1. The summed E-state index contributed by atoms with van der Waals surface area (Å²) in [5.41, 5.74) is -0.0910. The maximum absolute atomic E-state index is 12.7. The number of methoxy groups -OCH3 is 4. The van der Waals surface area contributed by atoms with Crippen LogP contribution in [0.5, 0.6) is 23.0 Å². The van der Waals surface area contributed by atoms with Gasteiger partial charge in [-0.2, -0.15) is 0 Å². The van der Waals surface area contributed by atoms with Crippen molar-refractivity contribution in [2.24, 2.45) is 0 Å². The first-order valence-corrected chi connectivity index (χ1v) is 10.9. The van der Waals surface area contributed by atoms with Crippen molar-refractivity contribution in [1.82, 2.24) is 4.90 Å². The van der Waals surface area contributed by atoms with Crippen molar-refractivity contribution in [2.45, 2.75) is 38.1 Å². The molecule has 1 unspecified atom stereocenters. The molecule has 1 atom stereocenters. The van der Waals surface area contributed by atoms with Gasteiger partial charge in [0.25, 0.3) is 0 Å². The van der Waals surface area contributed by atoms with E-state index >= 15 is 0 Å². The molecule has 2 aromatic rings. The normalized spacial score (nSPS) is 15.0. The zero-order valence-corrected chi connectivity index (χ0v) is 19.5. The summed E-state index contributed by atoms with van der Waals surface area (Å²) in [5.74, 6) is -0.349. The lowest BCUT2D eigenvalue weighted by Gasteiger charge is -2.26. The number of aromatic hydroxyl groups is 1. The molecule has 33 heavy (non-hydrogen) atoms. The first-order valence-electron chi connectivity index (χ1n) is 10.9. The molecule has 1 N–H and O–H groups in total. The molecule has 0 bridgehead atoms. The van der Waals surface area contributed by atoms with Gasteiger partial charge in [-0.3, -0.25) is 14.5 Å². The largest absolute Gasteiger partial charge is 0.502 e. The quantitative estimate of drug-likeness (QED) is 0.564. The number of nitrogens with zero attached hydrogens (tertiary/aromatic N) is 1. The number of hydrogen-bond acceptors (Lipinski definition) is 9. The average molecular weight is 462 g/mol. The van der Waals surface area contributed by atoms with E-state index in [0.29, 0.717) is 35.1 Å². The van der Waals surface area contributed by atoms with E-state index < -0.39 is 23.1 Å². The van der Waals surface area contributed by atoms with E-state index in [1.807, 2.05) is 0 Å². The molecular weight excluding hydrogens is 430 g/mol. The van der Waals surface area contributed by atoms with Gasteiger partial charge in [0.1, 0.15) is 11.5 Å². The van der Waals surface area contributed by atoms with Crippen LogP contribution < -0.4 is 19.6 Å². The fourth-order valence-corrected chi connectivity index (χ4v) is 4.13. The van der Waals surface area contributed by atoms with Gasteiger partial charge in [-0.1, -0.05) is 6.42 Å². The van der Waals surface area contributed by atoms with Crippen LogP contribution in [0.1, 0.15) is 48.7 Å². The van der Waals surface area contributed by atoms with Gasteiger partial charge >= 0.3 is 5.97 Å². The maximum Gasteiger partial charge on any atom is 0.306 e. The Kier molecular flexibility index (Phi) is 8.21. The van der Waals surface area contributed by atoms with Crippen LogP contribution in [0.25, 0.3) is 0 Å². The number of esters is 1. The Morgan fingerprint density at radius 1 is 1.00 bits per heavy atom. The maximum atomic E-state index is 12.7. The van der Waals surface area contributed by atoms with Gasteiger partial charge in [0.05, 0.1) is 47.3 Å². The zero-order chi connectivity index (χ0) is 24.0. The Labute approximate surface area is 192 Å². The van der Waals surface area contributed by atoms with Crippen molar-refractivity contribution in [1.29, 1.82) is 0 Å².